The average molecular weight is 284 g/mol. The number of hydrogen-bond acceptors (Lipinski definition) is 5. The van der Waals surface area contributed by atoms with Crippen molar-refractivity contribution < 1.29 is 9.59 Å². The lowest BCUT2D eigenvalue weighted by Gasteiger charge is -2.10. The summed E-state index contributed by atoms with van der Waals surface area (Å²) < 4.78 is 0. The SMILES string of the molecule is N=C(NNC(=O)c1ccncc1)c1ccnc(C(N)=O)c1. The Labute approximate surface area is 119 Å². The number of amides is 2. The molecule has 8 nitrogen and oxygen atoms in total. The number of carbonyl (C=O) groups is 2. The quantitative estimate of drug-likeness (QED) is 0.353. The van der Waals surface area contributed by atoms with Crippen LogP contribution < -0.4 is 16.6 Å². The fourth-order valence-corrected chi connectivity index (χ4v) is 1.49. The van der Waals surface area contributed by atoms with Crippen LogP contribution in [0.25, 0.3) is 0 Å². The Morgan fingerprint density at radius 1 is 1.05 bits per heavy atom. The molecule has 0 saturated carbocycles. The van der Waals surface area contributed by atoms with Gasteiger partial charge in [-0.05, 0) is 24.3 Å². The number of hydrogen-bond donors (Lipinski definition) is 4. The van der Waals surface area contributed by atoms with Gasteiger partial charge in [0.2, 0.25) is 0 Å². The third kappa shape index (κ3) is 3.60. The highest BCUT2D eigenvalue weighted by Crippen LogP contribution is 2.01. The van der Waals surface area contributed by atoms with Gasteiger partial charge in [-0.25, -0.2) is 0 Å². The maximum absolute atomic E-state index is 11.8. The van der Waals surface area contributed by atoms with E-state index in [1.807, 2.05) is 0 Å². The predicted molar refractivity (Wildman–Crippen MR) is 74.4 cm³/mol. The summed E-state index contributed by atoms with van der Waals surface area (Å²) in [6, 6.07) is 5.95. The number of aromatic nitrogens is 2. The summed E-state index contributed by atoms with van der Waals surface area (Å²) in [6.07, 6.45) is 4.33. The molecule has 0 fully saturated rings. The van der Waals surface area contributed by atoms with Gasteiger partial charge in [-0.2, -0.15) is 0 Å². The van der Waals surface area contributed by atoms with Crippen LogP contribution in [0.4, 0.5) is 0 Å². The van der Waals surface area contributed by atoms with Crippen LogP contribution in [0.1, 0.15) is 26.4 Å². The molecular weight excluding hydrogens is 272 g/mol. The summed E-state index contributed by atoms with van der Waals surface area (Å²) in [5.74, 6) is -1.20. The van der Waals surface area contributed by atoms with Crippen molar-refractivity contribution in [1.29, 1.82) is 5.41 Å². The van der Waals surface area contributed by atoms with Gasteiger partial charge in [0.25, 0.3) is 11.8 Å². The number of hydrazine groups is 1. The number of amidine groups is 1. The minimum atomic E-state index is -0.689. The van der Waals surface area contributed by atoms with Crippen molar-refractivity contribution in [3.05, 3.63) is 59.7 Å². The maximum atomic E-state index is 11.8. The lowest BCUT2D eigenvalue weighted by atomic mass is 10.2. The van der Waals surface area contributed by atoms with Crippen molar-refractivity contribution in [3.8, 4) is 0 Å². The van der Waals surface area contributed by atoms with E-state index in [9.17, 15) is 9.59 Å². The summed E-state index contributed by atoms with van der Waals surface area (Å²) in [5.41, 5.74) is 10.7. The molecule has 2 aromatic heterocycles. The summed E-state index contributed by atoms with van der Waals surface area (Å²) in [4.78, 5) is 30.4. The van der Waals surface area contributed by atoms with E-state index in [1.54, 1.807) is 0 Å². The number of nitrogens with two attached hydrogens (primary N) is 1. The lowest BCUT2D eigenvalue weighted by Crippen LogP contribution is -2.41. The number of carbonyl (C=O) groups excluding carboxylic acids is 2. The molecule has 0 spiro atoms. The van der Waals surface area contributed by atoms with Crippen LogP contribution in [0, 0.1) is 5.41 Å². The second-order valence-electron chi connectivity index (χ2n) is 3.98. The highest BCUT2D eigenvalue weighted by atomic mass is 16.2. The fourth-order valence-electron chi connectivity index (χ4n) is 1.49. The molecule has 2 rings (SSSR count). The molecule has 0 atom stereocenters. The van der Waals surface area contributed by atoms with Crippen molar-refractivity contribution in [3.63, 3.8) is 0 Å². The lowest BCUT2D eigenvalue weighted by molar-refractivity contribution is 0.0942. The monoisotopic (exact) mass is 284 g/mol. The van der Waals surface area contributed by atoms with E-state index in [0.29, 0.717) is 11.1 Å². The van der Waals surface area contributed by atoms with Gasteiger partial charge in [0, 0.05) is 29.7 Å². The molecule has 0 aliphatic carbocycles. The fraction of sp³-hybridized carbons (Fsp3) is 0. The van der Waals surface area contributed by atoms with Gasteiger partial charge in [-0.3, -0.25) is 35.8 Å². The van der Waals surface area contributed by atoms with E-state index in [-0.39, 0.29) is 11.5 Å². The standard InChI is InChI=1S/C13H12N6O2/c14-11(9-3-6-17-10(7-9)12(15)20)18-19-13(21)8-1-4-16-5-2-8/h1-7H,(H2,14,18)(H2,15,20)(H,19,21). The summed E-state index contributed by atoms with van der Waals surface area (Å²) in [7, 11) is 0. The first-order valence-electron chi connectivity index (χ1n) is 5.89. The third-order valence-electron chi connectivity index (χ3n) is 2.54. The first-order chi connectivity index (χ1) is 10.1. The zero-order chi connectivity index (χ0) is 15.2. The Balaban J connectivity index is 2.01. The van der Waals surface area contributed by atoms with Gasteiger partial charge in [0.05, 0.1) is 0 Å². The van der Waals surface area contributed by atoms with Crippen molar-refractivity contribution in [2.24, 2.45) is 5.73 Å². The maximum Gasteiger partial charge on any atom is 0.269 e. The van der Waals surface area contributed by atoms with Crippen molar-refractivity contribution in [2.45, 2.75) is 0 Å². The molecule has 5 N–H and O–H groups in total. The van der Waals surface area contributed by atoms with Crippen LogP contribution >= 0.6 is 0 Å². The van der Waals surface area contributed by atoms with Crippen LogP contribution in [-0.4, -0.2) is 27.6 Å². The molecule has 8 heteroatoms. The Kier molecular flexibility index (Phi) is 4.20. The molecule has 21 heavy (non-hydrogen) atoms. The molecular formula is C13H12N6O2. The molecule has 2 amide bonds. The highest BCUT2D eigenvalue weighted by molar-refractivity contribution is 6.01. The molecule has 0 bridgehead atoms. The van der Waals surface area contributed by atoms with E-state index in [0.717, 1.165) is 0 Å². The molecule has 0 saturated heterocycles. The average Bonchev–Trinajstić information content (AvgIpc) is 2.53. The molecule has 2 aromatic rings. The van der Waals surface area contributed by atoms with Gasteiger partial charge in [0.15, 0.2) is 0 Å². The number of nitrogens with zero attached hydrogens (tertiary/aromatic N) is 2. The molecule has 0 radical (unpaired) electrons. The van der Waals surface area contributed by atoms with Gasteiger partial charge < -0.3 is 5.73 Å². The molecule has 2 heterocycles. The summed E-state index contributed by atoms with van der Waals surface area (Å²) in [6.45, 7) is 0. The predicted octanol–water partition coefficient (Wildman–Crippen LogP) is -0.165. The minimum absolute atomic E-state index is 0.0412. The van der Waals surface area contributed by atoms with Gasteiger partial charge in [0.1, 0.15) is 11.5 Å². The molecule has 0 unspecified atom stereocenters. The van der Waals surface area contributed by atoms with Crippen molar-refractivity contribution >= 4 is 17.6 Å². The first-order valence-corrected chi connectivity index (χ1v) is 5.89. The highest BCUT2D eigenvalue weighted by Gasteiger charge is 2.08. The second kappa shape index (κ2) is 6.24. The summed E-state index contributed by atoms with van der Waals surface area (Å²) >= 11 is 0. The molecule has 0 aliphatic heterocycles. The van der Waals surface area contributed by atoms with Crippen molar-refractivity contribution in [1.82, 2.24) is 20.8 Å². The van der Waals surface area contributed by atoms with E-state index in [1.165, 1.54) is 42.9 Å². The zero-order valence-electron chi connectivity index (χ0n) is 10.8. The molecule has 0 aliphatic rings. The van der Waals surface area contributed by atoms with Gasteiger partial charge in [-0.15, -0.1) is 0 Å². The largest absolute Gasteiger partial charge is 0.364 e. The van der Waals surface area contributed by atoms with Crippen LogP contribution in [0.15, 0.2) is 42.9 Å². The number of rotatable bonds is 3. The number of nitrogens with one attached hydrogen (secondary N) is 3. The van der Waals surface area contributed by atoms with Crippen LogP contribution in [0.2, 0.25) is 0 Å². The normalized spacial score (nSPS) is 9.71. The van der Waals surface area contributed by atoms with E-state index in [2.05, 4.69) is 20.8 Å². The Bertz CT molecular complexity index is 686. The molecule has 0 aromatic carbocycles. The topological polar surface area (TPSA) is 134 Å². The van der Waals surface area contributed by atoms with E-state index < -0.39 is 11.8 Å². The first kappa shape index (κ1) is 14.1. The summed E-state index contributed by atoms with van der Waals surface area (Å²) in [5, 5.41) is 7.81. The van der Waals surface area contributed by atoms with Crippen LogP contribution in [0.3, 0.4) is 0 Å². The number of primary amides is 1. The Morgan fingerprint density at radius 2 is 1.71 bits per heavy atom. The second-order valence-corrected chi connectivity index (χ2v) is 3.98. The smallest absolute Gasteiger partial charge is 0.269 e. The minimum Gasteiger partial charge on any atom is -0.364 e. The molecule has 106 valence electrons. The Morgan fingerprint density at radius 3 is 2.38 bits per heavy atom. The zero-order valence-corrected chi connectivity index (χ0v) is 10.8. The van der Waals surface area contributed by atoms with E-state index in [4.69, 9.17) is 11.1 Å². The number of pyridine rings is 2. The Hall–Kier alpha value is -3.29. The third-order valence-corrected chi connectivity index (χ3v) is 2.54. The van der Waals surface area contributed by atoms with Gasteiger partial charge >= 0.3 is 0 Å². The van der Waals surface area contributed by atoms with Crippen LogP contribution in [-0.2, 0) is 0 Å². The van der Waals surface area contributed by atoms with Crippen molar-refractivity contribution in [2.75, 3.05) is 0 Å². The van der Waals surface area contributed by atoms with E-state index >= 15 is 0 Å². The van der Waals surface area contributed by atoms with Gasteiger partial charge in [-0.1, -0.05) is 0 Å². The van der Waals surface area contributed by atoms with Crippen LogP contribution in [0.5, 0.6) is 0 Å².